The number of hydrogen-bond acceptors (Lipinski definition) is 6. The van der Waals surface area contributed by atoms with Crippen molar-refractivity contribution < 1.29 is 9.59 Å². The van der Waals surface area contributed by atoms with Gasteiger partial charge in [0.25, 0.3) is 0 Å². The van der Waals surface area contributed by atoms with Crippen LogP contribution in [0, 0.1) is 0 Å². The smallest absolute Gasteiger partial charge is 0.237 e. The standard InChI is InChI=1S/C23H26ClN7O2/c1-15(30-10-9-17(12-21(30)22(25)32)16-5-3-2-4-6-16)23(33)26-13-18-11-19(24)7-8-20(18)31-14-27-28-29-31/h2-8,11,14-15,17,21H,9-10,12-13H2,1H3,(H2,25,32)(H,26,33)/t15-,17?,21?/m0/s1. The molecule has 10 heteroatoms. The Kier molecular flexibility index (Phi) is 7.00. The van der Waals surface area contributed by atoms with E-state index in [0.29, 0.717) is 18.0 Å². The molecule has 0 spiro atoms. The lowest BCUT2D eigenvalue weighted by molar-refractivity contribution is -0.132. The number of piperidine rings is 1. The van der Waals surface area contributed by atoms with Crippen molar-refractivity contribution in [2.45, 2.75) is 44.3 Å². The molecule has 172 valence electrons. The molecule has 2 heterocycles. The molecule has 0 aliphatic carbocycles. The fourth-order valence-electron chi connectivity index (χ4n) is 4.43. The van der Waals surface area contributed by atoms with E-state index >= 15 is 0 Å². The molecular formula is C23H26ClN7O2. The minimum absolute atomic E-state index is 0.193. The molecule has 3 atom stereocenters. The number of tetrazole rings is 1. The summed E-state index contributed by atoms with van der Waals surface area (Å²) in [6.45, 7) is 2.64. The van der Waals surface area contributed by atoms with Crippen LogP contribution in [0.5, 0.6) is 0 Å². The molecule has 1 saturated heterocycles. The van der Waals surface area contributed by atoms with Crippen LogP contribution in [0.2, 0.25) is 5.02 Å². The lowest BCUT2D eigenvalue weighted by Crippen LogP contribution is -2.56. The van der Waals surface area contributed by atoms with E-state index in [1.165, 1.54) is 16.6 Å². The predicted octanol–water partition coefficient (Wildman–Crippen LogP) is 2.05. The highest BCUT2D eigenvalue weighted by Gasteiger charge is 2.37. The summed E-state index contributed by atoms with van der Waals surface area (Å²) >= 11 is 6.16. The third-order valence-electron chi connectivity index (χ3n) is 6.21. The first kappa shape index (κ1) is 22.9. The summed E-state index contributed by atoms with van der Waals surface area (Å²) in [6, 6.07) is 14.4. The van der Waals surface area contributed by atoms with E-state index in [9.17, 15) is 9.59 Å². The number of carbonyl (C=O) groups is 2. The molecule has 1 aliphatic heterocycles. The SMILES string of the molecule is C[C@@H](C(=O)NCc1cc(Cl)ccc1-n1cnnn1)N1CCC(c2ccccc2)CC1C(N)=O. The van der Waals surface area contributed by atoms with Crippen molar-refractivity contribution in [3.8, 4) is 5.69 Å². The largest absolute Gasteiger partial charge is 0.368 e. The Bertz CT molecular complexity index is 1110. The topological polar surface area (TPSA) is 119 Å². The molecule has 2 unspecified atom stereocenters. The average molecular weight is 468 g/mol. The number of amides is 2. The Morgan fingerprint density at radius 2 is 2.03 bits per heavy atom. The number of rotatable bonds is 7. The van der Waals surface area contributed by atoms with Gasteiger partial charge in [-0.2, -0.15) is 0 Å². The van der Waals surface area contributed by atoms with Crippen LogP contribution in [0.15, 0.2) is 54.9 Å². The monoisotopic (exact) mass is 467 g/mol. The molecular weight excluding hydrogens is 442 g/mol. The Morgan fingerprint density at radius 1 is 1.24 bits per heavy atom. The summed E-state index contributed by atoms with van der Waals surface area (Å²) in [5, 5.41) is 14.7. The molecule has 3 aromatic rings. The van der Waals surface area contributed by atoms with Crippen LogP contribution in [-0.4, -0.2) is 55.5 Å². The average Bonchev–Trinajstić information content (AvgIpc) is 3.37. The summed E-state index contributed by atoms with van der Waals surface area (Å²) in [4.78, 5) is 27.2. The molecule has 33 heavy (non-hydrogen) atoms. The van der Waals surface area contributed by atoms with Gasteiger partial charge in [-0.1, -0.05) is 41.9 Å². The highest BCUT2D eigenvalue weighted by Crippen LogP contribution is 2.32. The van der Waals surface area contributed by atoms with E-state index in [1.54, 1.807) is 25.1 Å². The highest BCUT2D eigenvalue weighted by atomic mass is 35.5. The van der Waals surface area contributed by atoms with Crippen molar-refractivity contribution >= 4 is 23.4 Å². The second-order valence-electron chi connectivity index (χ2n) is 8.21. The maximum Gasteiger partial charge on any atom is 0.237 e. The van der Waals surface area contributed by atoms with Crippen molar-refractivity contribution in [1.29, 1.82) is 0 Å². The van der Waals surface area contributed by atoms with Crippen molar-refractivity contribution in [2.75, 3.05) is 6.54 Å². The number of benzene rings is 2. The molecule has 9 nitrogen and oxygen atoms in total. The Labute approximate surface area is 196 Å². The van der Waals surface area contributed by atoms with Gasteiger partial charge in [0.05, 0.1) is 17.8 Å². The minimum Gasteiger partial charge on any atom is -0.368 e. The fourth-order valence-corrected chi connectivity index (χ4v) is 4.62. The summed E-state index contributed by atoms with van der Waals surface area (Å²) in [5.41, 5.74) is 8.42. The zero-order valence-corrected chi connectivity index (χ0v) is 19.0. The van der Waals surface area contributed by atoms with Crippen LogP contribution in [0.25, 0.3) is 5.69 Å². The normalized spacial score (nSPS) is 19.7. The fraction of sp³-hybridized carbons (Fsp3) is 0.348. The molecule has 0 bridgehead atoms. The number of nitrogens with zero attached hydrogens (tertiary/aromatic N) is 5. The summed E-state index contributed by atoms with van der Waals surface area (Å²) in [7, 11) is 0. The molecule has 2 aromatic carbocycles. The van der Waals surface area contributed by atoms with Gasteiger partial charge in [0.1, 0.15) is 6.33 Å². The summed E-state index contributed by atoms with van der Waals surface area (Å²) in [6.07, 6.45) is 2.92. The minimum atomic E-state index is -0.519. The van der Waals surface area contributed by atoms with Gasteiger partial charge >= 0.3 is 0 Å². The number of carbonyl (C=O) groups excluding carboxylic acids is 2. The van der Waals surface area contributed by atoms with E-state index in [2.05, 4.69) is 33.0 Å². The maximum atomic E-state index is 13.0. The van der Waals surface area contributed by atoms with Gasteiger partial charge in [-0.05, 0) is 65.4 Å². The molecule has 1 aromatic heterocycles. The maximum absolute atomic E-state index is 13.0. The van der Waals surface area contributed by atoms with Gasteiger partial charge in [0, 0.05) is 18.1 Å². The third-order valence-corrected chi connectivity index (χ3v) is 6.45. The number of nitrogens with two attached hydrogens (primary N) is 1. The van der Waals surface area contributed by atoms with Crippen LogP contribution < -0.4 is 11.1 Å². The van der Waals surface area contributed by atoms with Crippen LogP contribution in [0.3, 0.4) is 0 Å². The summed E-state index contributed by atoms with van der Waals surface area (Å²) < 4.78 is 1.51. The van der Waals surface area contributed by atoms with E-state index in [-0.39, 0.29) is 18.4 Å². The van der Waals surface area contributed by atoms with Gasteiger partial charge in [-0.15, -0.1) is 5.10 Å². The van der Waals surface area contributed by atoms with Crippen LogP contribution in [-0.2, 0) is 16.1 Å². The van der Waals surface area contributed by atoms with Gasteiger partial charge < -0.3 is 11.1 Å². The van der Waals surface area contributed by atoms with Crippen LogP contribution in [0.4, 0.5) is 0 Å². The van der Waals surface area contributed by atoms with Gasteiger partial charge in [-0.3, -0.25) is 14.5 Å². The Balaban J connectivity index is 1.44. The molecule has 3 N–H and O–H groups in total. The molecule has 1 aliphatic rings. The Morgan fingerprint density at radius 3 is 2.73 bits per heavy atom. The first-order chi connectivity index (χ1) is 15.9. The number of primary amides is 1. The molecule has 0 radical (unpaired) electrons. The highest BCUT2D eigenvalue weighted by molar-refractivity contribution is 6.30. The molecule has 2 amide bonds. The third kappa shape index (κ3) is 5.20. The summed E-state index contributed by atoms with van der Waals surface area (Å²) in [5.74, 6) is -0.367. The second kappa shape index (κ2) is 10.1. The first-order valence-corrected chi connectivity index (χ1v) is 11.2. The number of hydrogen-bond donors (Lipinski definition) is 2. The van der Waals surface area contributed by atoms with Crippen LogP contribution >= 0.6 is 11.6 Å². The van der Waals surface area contributed by atoms with E-state index in [1.807, 2.05) is 23.1 Å². The lowest BCUT2D eigenvalue weighted by Gasteiger charge is -2.40. The zero-order chi connectivity index (χ0) is 23.4. The van der Waals surface area contributed by atoms with Crippen molar-refractivity contribution in [3.63, 3.8) is 0 Å². The first-order valence-electron chi connectivity index (χ1n) is 10.8. The zero-order valence-electron chi connectivity index (χ0n) is 18.3. The number of aromatic nitrogens is 4. The van der Waals surface area contributed by atoms with Crippen molar-refractivity contribution in [2.24, 2.45) is 5.73 Å². The van der Waals surface area contributed by atoms with Gasteiger partial charge in [0.15, 0.2) is 0 Å². The Hall–Kier alpha value is -3.30. The van der Waals surface area contributed by atoms with E-state index < -0.39 is 18.0 Å². The second-order valence-corrected chi connectivity index (χ2v) is 8.65. The molecule has 0 saturated carbocycles. The van der Waals surface area contributed by atoms with Crippen molar-refractivity contribution in [3.05, 3.63) is 71.0 Å². The number of likely N-dealkylation sites (tertiary alicyclic amines) is 1. The van der Waals surface area contributed by atoms with E-state index in [0.717, 1.165) is 17.7 Å². The van der Waals surface area contributed by atoms with Crippen LogP contribution in [0.1, 0.15) is 36.8 Å². The van der Waals surface area contributed by atoms with E-state index in [4.69, 9.17) is 17.3 Å². The number of nitrogens with one attached hydrogen (secondary N) is 1. The molecule has 1 fully saturated rings. The lowest BCUT2D eigenvalue weighted by atomic mass is 9.84. The number of halogens is 1. The molecule has 4 rings (SSSR count). The van der Waals surface area contributed by atoms with Gasteiger partial charge in [0.2, 0.25) is 11.8 Å². The quantitative estimate of drug-likeness (QED) is 0.549. The van der Waals surface area contributed by atoms with Crippen molar-refractivity contribution in [1.82, 2.24) is 30.4 Å². The predicted molar refractivity (Wildman–Crippen MR) is 124 cm³/mol. The van der Waals surface area contributed by atoms with Gasteiger partial charge in [-0.25, -0.2) is 4.68 Å².